The van der Waals surface area contributed by atoms with Gasteiger partial charge in [-0.15, -0.1) is 0 Å². The molecule has 1 aliphatic carbocycles. The van der Waals surface area contributed by atoms with Crippen molar-refractivity contribution in [3.63, 3.8) is 0 Å². The number of hydrogen-bond acceptors (Lipinski definition) is 3. The molecule has 0 spiro atoms. The summed E-state index contributed by atoms with van der Waals surface area (Å²) in [7, 11) is -2.40. The molecular formula is C17H27NO2. The van der Waals surface area contributed by atoms with Gasteiger partial charge in [-0.05, 0) is 44.5 Å². The SMILES string of the molecule is [2H]C([2H])([2H])Oc1ccc([C@@]([2H])(C([2H])([2H])N(C)C([2H])([2H])[2H])C2(O)C([2H])([2H])C([2H])([2H])C([2H])([2H])C([2H])([2H])C2([2H])[2H])cc1. The van der Waals surface area contributed by atoms with Crippen molar-refractivity contribution < 1.29 is 35.9 Å². The Bertz CT molecular complexity index is 1050. The van der Waals surface area contributed by atoms with E-state index < -0.39 is 75.2 Å². The smallest absolute Gasteiger partial charge is 0.118 e. The summed E-state index contributed by atoms with van der Waals surface area (Å²) in [6.45, 7) is -7.31. The van der Waals surface area contributed by atoms with Gasteiger partial charge in [-0.2, -0.15) is 0 Å². The standard InChI is InChI=1S/C17H27NO2/c1-18(2)13-16(17(19)11-5-4-6-12-17)14-7-9-15(20-3)10-8-14/h7-10,16,19H,4-6,11-13H2,1-3H3/t16-/m1/s1/i1D3,3D3,4D2,5D2,6D2,11D2,12D2,13D2,16D. The first-order valence-corrected chi connectivity index (χ1v) is 5.60. The maximum absolute atomic E-state index is 12.0. The Morgan fingerprint density at radius 3 is 2.75 bits per heavy atom. The van der Waals surface area contributed by atoms with Crippen LogP contribution in [0.5, 0.6) is 5.75 Å². The second-order valence-electron chi connectivity index (χ2n) is 4.01. The van der Waals surface area contributed by atoms with E-state index in [2.05, 4.69) is 4.74 Å². The summed E-state index contributed by atoms with van der Waals surface area (Å²) >= 11 is 0. The van der Waals surface area contributed by atoms with E-state index in [0.717, 1.165) is 12.1 Å². The van der Waals surface area contributed by atoms with Gasteiger partial charge in [0.25, 0.3) is 0 Å². The molecule has 2 rings (SSSR count). The van der Waals surface area contributed by atoms with E-state index in [1.807, 2.05) is 0 Å². The monoisotopic (exact) mass is 296 g/mol. The van der Waals surface area contributed by atoms with E-state index in [0.29, 0.717) is 19.2 Å². The number of likely N-dealkylation sites (N-methyl/N-ethyl adjacent to an activating group) is 1. The van der Waals surface area contributed by atoms with Crippen LogP contribution >= 0.6 is 0 Å². The van der Waals surface area contributed by atoms with Crippen molar-refractivity contribution in [2.24, 2.45) is 0 Å². The molecule has 0 aliphatic heterocycles. The van der Waals surface area contributed by atoms with Gasteiger partial charge in [0.1, 0.15) is 5.75 Å². The molecule has 0 amide bonds. The fourth-order valence-electron chi connectivity index (χ4n) is 1.64. The Hall–Kier alpha value is -1.06. The van der Waals surface area contributed by atoms with Crippen molar-refractivity contribution in [2.45, 2.75) is 43.4 Å². The molecule has 3 nitrogen and oxygen atoms in total. The number of ether oxygens (including phenoxy) is 1. The summed E-state index contributed by atoms with van der Waals surface area (Å²) in [6.07, 6.45) is -20.9. The van der Waals surface area contributed by atoms with Crippen LogP contribution in [0.1, 0.15) is 69.4 Å². The Balaban J connectivity index is 3.14. The van der Waals surface area contributed by atoms with E-state index in [4.69, 9.17) is 24.7 Å². The topological polar surface area (TPSA) is 32.7 Å². The van der Waals surface area contributed by atoms with Gasteiger partial charge in [0.2, 0.25) is 0 Å². The second-order valence-corrected chi connectivity index (χ2v) is 4.01. The molecule has 0 saturated heterocycles. The van der Waals surface area contributed by atoms with Crippen LogP contribution in [-0.2, 0) is 0 Å². The first kappa shape index (κ1) is 4.02. The zero-order valence-electron chi connectivity index (χ0n) is 29.6. The fourth-order valence-corrected chi connectivity index (χ4v) is 1.64. The molecular weight excluding hydrogens is 250 g/mol. The summed E-state index contributed by atoms with van der Waals surface area (Å²) in [4.78, 5) is -0.141. The molecule has 0 radical (unpaired) electrons. The van der Waals surface area contributed by atoms with Gasteiger partial charge in [0.05, 0.1) is 16.8 Å². The highest BCUT2D eigenvalue weighted by atomic mass is 16.5. The lowest BCUT2D eigenvalue weighted by Gasteiger charge is -2.40. The summed E-state index contributed by atoms with van der Waals surface area (Å²) in [6, 6.07) is 2.96. The van der Waals surface area contributed by atoms with Crippen LogP contribution in [0.3, 0.4) is 0 Å². The largest absolute Gasteiger partial charge is 0.497 e. The molecule has 20 heavy (non-hydrogen) atoms. The molecule has 0 unspecified atom stereocenters. The van der Waals surface area contributed by atoms with Gasteiger partial charge in [-0.3, -0.25) is 0 Å². The first-order chi connectivity index (χ1) is 16.8. The predicted molar refractivity (Wildman–Crippen MR) is 82.3 cm³/mol. The molecule has 1 N–H and O–H groups in total. The van der Waals surface area contributed by atoms with Crippen LogP contribution in [0.4, 0.5) is 0 Å². The quantitative estimate of drug-likeness (QED) is 0.906. The third-order valence-electron chi connectivity index (χ3n) is 2.51. The molecule has 112 valence electrons. The average molecular weight is 297 g/mol. The molecule has 3 heteroatoms. The summed E-state index contributed by atoms with van der Waals surface area (Å²) < 4.78 is 158. The van der Waals surface area contributed by atoms with E-state index >= 15 is 0 Å². The highest BCUT2D eigenvalue weighted by Gasteiger charge is 2.38. The Morgan fingerprint density at radius 1 is 1.45 bits per heavy atom. The Morgan fingerprint density at radius 2 is 2.15 bits per heavy atom. The number of benzene rings is 1. The minimum absolute atomic E-state index is 0.141. The highest BCUT2D eigenvalue weighted by Crippen LogP contribution is 2.40. The van der Waals surface area contributed by atoms with Crippen molar-refractivity contribution in [3.8, 4) is 5.75 Å². The third kappa shape index (κ3) is 3.53. The maximum Gasteiger partial charge on any atom is 0.118 e. The molecule has 1 aliphatic rings. The number of methoxy groups -OCH3 is 1. The van der Waals surface area contributed by atoms with E-state index in [1.165, 1.54) is 0 Å². The Kier molecular flexibility index (Phi) is 1.33. The zero-order chi connectivity index (χ0) is 31.3. The van der Waals surface area contributed by atoms with Gasteiger partial charge in [0.15, 0.2) is 0 Å². The minimum Gasteiger partial charge on any atom is -0.497 e. The lowest BCUT2D eigenvalue weighted by Crippen LogP contribution is -2.42. The molecule has 1 aromatic rings. The number of nitrogens with zero attached hydrogens (tertiary/aromatic N) is 1. The van der Waals surface area contributed by atoms with Gasteiger partial charge < -0.3 is 14.7 Å². The molecule has 0 aromatic heterocycles. The molecule has 1 aromatic carbocycles. The van der Waals surface area contributed by atoms with Crippen LogP contribution < -0.4 is 4.74 Å². The molecule has 0 heterocycles. The van der Waals surface area contributed by atoms with Crippen molar-refractivity contribution >= 4 is 0 Å². The molecule has 1 fully saturated rings. The Labute approximate surface area is 149 Å². The van der Waals surface area contributed by atoms with Crippen LogP contribution in [0.15, 0.2) is 24.3 Å². The number of aliphatic hydroxyl groups is 1. The zero-order valence-corrected chi connectivity index (χ0v) is 10.6. The summed E-state index contributed by atoms with van der Waals surface area (Å²) in [5.41, 5.74) is -5.45. The van der Waals surface area contributed by atoms with Crippen molar-refractivity contribution in [1.82, 2.24) is 4.90 Å². The van der Waals surface area contributed by atoms with Crippen LogP contribution in [0, 0.1) is 0 Å². The average Bonchev–Trinajstić information content (AvgIpc) is 2.74. The highest BCUT2D eigenvalue weighted by molar-refractivity contribution is 5.31. The predicted octanol–water partition coefficient (Wildman–Crippen LogP) is 3.04. The number of hydrogen-bond donors (Lipinski definition) is 1. The summed E-state index contributed by atoms with van der Waals surface area (Å²) in [5.74, 6) is -4.42. The van der Waals surface area contributed by atoms with Crippen molar-refractivity contribution in [2.75, 3.05) is 27.6 Å². The van der Waals surface area contributed by atoms with E-state index in [9.17, 15) is 6.48 Å². The minimum atomic E-state index is -4.51. The molecule has 1 saturated carbocycles. The van der Waals surface area contributed by atoms with Crippen LogP contribution in [-0.4, -0.2) is 43.2 Å². The van der Waals surface area contributed by atoms with Gasteiger partial charge in [0, 0.05) is 34.3 Å². The van der Waals surface area contributed by atoms with E-state index in [1.54, 1.807) is 0 Å². The fraction of sp³-hybridized carbons (Fsp3) is 0.647. The molecule has 1 atom stereocenters. The van der Waals surface area contributed by atoms with Crippen molar-refractivity contribution in [3.05, 3.63) is 29.8 Å². The molecule has 0 bridgehead atoms. The first-order valence-electron chi connectivity index (χ1n) is 15.1. The van der Waals surface area contributed by atoms with Crippen LogP contribution in [0.25, 0.3) is 0 Å². The van der Waals surface area contributed by atoms with E-state index in [-0.39, 0.29) is 4.90 Å². The lowest BCUT2D eigenvalue weighted by molar-refractivity contribution is -0.0277. The maximum atomic E-state index is 12.0. The lowest BCUT2D eigenvalue weighted by atomic mass is 9.72. The summed E-state index contributed by atoms with van der Waals surface area (Å²) in [5, 5.41) is 12.0. The van der Waals surface area contributed by atoms with Crippen molar-refractivity contribution in [1.29, 1.82) is 0 Å². The third-order valence-corrected chi connectivity index (χ3v) is 2.51. The van der Waals surface area contributed by atoms with Gasteiger partial charge in [-0.25, -0.2) is 0 Å². The van der Waals surface area contributed by atoms with Gasteiger partial charge in [-0.1, -0.05) is 31.3 Å². The number of rotatable bonds is 5. The van der Waals surface area contributed by atoms with Crippen LogP contribution in [0.2, 0.25) is 0 Å². The van der Waals surface area contributed by atoms with Gasteiger partial charge >= 0.3 is 0 Å². The second kappa shape index (κ2) is 6.59. The normalized spacial score (nSPS) is 50.0.